The number of rotatable bonds is 2. The number of benzene rings is 1. The Morgan fingerprint density at radius 3 is 2.72 bits per heavy atom. The van der Waals surface area contributed by atoms with E-state index in [4.69, 9.17) is 0 Å². The van der Waals surface area contributed by atoms with Crippen molar-refractivity contribution in [1.29, 1.82) is 5.26 Å². The summed E-state index contributed by atoms with van der Waals surface area (Å²) in [5.41, 5.74) is 2.96. The standard InChI is InChI=1S/C16H22N2/c1-11-7-8-15(13(3)9-11)18-16-12(2)5-4-6-14(16)10-17/h4-6,11,13,15,18H,7-9H2,1-3H3. The quantitative estimate of drug-likeness (QED) is 0.847. The molecule has 2 nitrogen and oxygen atoms in total. The molecule has 1 saturated carbocycles. The van der Waals surface area contributed by atoms with Crippen molar-refractivity contribution < 1.29 is 0 Å². The summed E-state index contributed by atoms with van der Waals surface area (Å²) < 4.78 is 0. The lowest BCUT2D eigenvalue weighted by molar-refractivity contribution is 0.276. The molecule has 1 aliphatic rings. The van der Waals surface area contributed by atoms with Crippen molar-refractivity contribution in [2.45, 2.75) is 46.1 Å². The second-order valence-electron chi connectivity index (χ2n) is 5.76. The van der Waals surface area contributed by atoms with Crippen molar-refractivity contribution >= 4 is 5.69 Å². The smallest absolute Gasteiger partial charge is 0.101 e. The van der Waals surface area contributed by atoms with E-state index in [0.29, 0.717) is 12.0 Å². The Labute approximate surface area is 110 Å². The topological polar surface area (TPSA) is 35.8 Å². The number of nitriles is 1. The highest BCUT2D eigenvalue weighted by Crippen LogP contribution is 2.32. The van der Waals surface area contributed by atoms with E-state index in [1.165, 1.54) is 24.8 Å². The van der Waals surface area contributed by atoms with Crippen LogP contribution in [0.5, 0.6) is 0 Å². The first-order valence-corrected chi connectivity index (χ1v) is 6.88. The number of hydrogen-bond donors (Lipinski definition) is 1. The van der Waals surface area contributed by atoms with E-state index < -0.39 is 0 Å². The monoisotopic (exact) mass is 242 g/mol. The molecule has 3 atom stereocenters. The number of aryl methyl sites for hydroxylation is 1. The number of nitrogens with zero attached hydrogens (tertiary/aromatic N) is 1. The third-order valence-corrected chi connectivity index (χ3v) is 4.15. The molecule has 0 spiro atoms. The summed E-state index contributed by atoms with van der Waals surface area (Å²) in [6.45, 7) is 6.72. The van der Waals surface area contributed by atoms with E-state index in [1.54, 1.807) is 0 Å². The van der Waals surface area contributed by atoms with Crippen LogP contribution in [0, 0.1) is 30.1 Å². The Bertz CT molecular complexity index is 459. The van der Waals surface area contributed by atoms with Crippen molar-refractivity contribution in [3.8, 4) is 6.07 Å². The third kappa shape index (κ3) is 2.67. The first kappa shape index (κ1) is 13.0. The second-order valence-corrected chi connectivity index (χ2v) is 5.76. The summed E-state index contributed by atoms with van der Waals surface area (Å²) in [5.74, 6) is 1.52. The van der Waals surface area contributed by atoms with Crippen LogP contribution in [0.4, 0.5) is 5.69 Å². The molecule has 0 bridgehead atoms. The van der Waals surface area contributed by atoms with E-state index in [2.05, 4.69) is 38.2 Å². The van der Waals surface area contributed by atoms with Crippen LogP contribution in [0.2, 0.25) is 0 Å². The Balaban J connectivity index is 2.17. The first-order chi connectivity index (χ1) is 8.61. The minimum atomic E-state index is 0.509. The predicted molar refractivity (Wildman–Crippen MR) is 75.5 cm³/mol. The average molecular weight is 242 g/mol. The van der Waals surface area contributed by atoms with Crippen molar-refractivity contribution in [2.24, 2.45) is 11.8 Å². The molecule has 0 amide bonds. The van der Waals surface area contributed by atoms with Crippen molar-refractivity contribution in [3.63, 3.8) is 0 Å². The largest absolute Gasteiger partial charge is 0.381 e. The van der Waals surface area contributed by atoms with Crippen molar-refractivity contribution in [3.05, 3.63) is 29.3 Å². The number of anilines is 1. The zero-order valence-electron chi connectivity index (χ0n) is 11.5. The molecule has 18 heavy (non-hydrogen) atoms. The van der Waals surface area contributed by atoms with Gasteiger partial charge in [-0.15, -0.1) is 0 Å². The lowest BCUT2D eigenvalue weighted by atomic mass is 9.79. The van der Waals surface area contributed by atoms with E-state index in [1.807, 2.05) is 12.1 Å². The third-order valence-electron chi connectivity index (χ3n) is 4.15. The fraction of sp³-hybridized carbons (Fsp3) is 0.562. The molecule has 1 aromatic rings. The molecule has 1 aromatic carbocycles. The summed E-state index contributed by atoms with van der Waals surface area (Å²) in [6.07, 6.45) is 3.78. The molecule has 0 radical (unpaired) electrons. The molecule has 2 rings (SSSR count). The van der Waals surface area contributed by atoms with Gasteiger partial charge in [0.25, 0.3) is 0 Å². The molecule has 2 heteroatoms. The normalized spacial score (nSPS) is 27.6. The molecular weight excluding hydrogens is 220 g/mol. The molecule has 3 unspecified atom stereocenters. The van der Waals surface area contributed by atoms with Crippen LogP contribution < -0.4 is 5.32 Å². The summed E-state index contributed by atoms with van der Waals surface area (Å²) in [5, 5.41) is 12.8. The summed E-state index contributed by atoms with van der Waals surface area (Å²) in [6, 6.07) is 8.71. The Kier molecular flexibility index (Phi) is 3.91. The number of nitrogens with one attached hydrogen (secondary N) is 1. The van der Waals surface area contributed by atoms with Gasteiger partial charge in [-0.05, 0) is 49.7 Å². The maximum Gasteiger partial charge on any atom is 0.101 e. The zero-order chi connectivity index (χ0) is 13.1. The van der Waals surface area contributed by atoms with Gasteiger partial charge in [-0.25, -0.2) is 0 Å². The number of hydrogen-bond acceptors (Lipinski definition) is 2. The lowest BCUT2D eigenvalue weighted by Crippen LogP contribution is -2.33. The van der Waals surface area contributed by atoms with Crippen LogP contribution in [0.1, 0.15) is 44.2 Å². The van der Waals surface area contributed by atoms with Gasteiger partial charge in [0, 0.05) is 6.04 Å². The van der Waals surface area contributed by atoms with E-state index in [-0.39, 0.29) is 0 Å². The lowest BCUT2D eigenvalue weighted by Gasteiger charge is -2.34. The van der Waals surface area contributed by atoms with Gasteiger partial charge in [-0.1, -0.05) is 26.0 Å². The van der Waals surface area contributed by atoms with E-state index in [9.17, 15) is 5.26 Å². The molecule has 0 aromatic heterocycles. The highest BCUT2D eigenvalue weighted by Gasteiger charge is 2.25. The molecule has 0 aliphatic heterocycles. The minimum Gasteiger partial charge on any atom is -0.381 e. The summed E-state index contributed by atoms with van der Waals surface area (Å²) in [4.78, 5) is 0. The van der Waals surface area contributed by atoms with Crippen LogP contribution in [-0.2, 0) is 0 Å². The van der Waals surface area contributed by atoms with Gasteiger partial charge in [0.15, 0.2) is 0 Å². The minimum absolute atomic E-state index is 0.509. The number of para-hydroxylation sites is 1. The fourth-order valence-electron chi connectivity index (χ4n) is 3.02. The van der Waals surface area contributed by atoms with Gasteiger partial charge in [0.05, 0.1) is 11.3 Å². The molecule has 1 fully saturated rings. The Morgan fingerprint density at radius 2 is 2.06 bits per heavy atom. The van der Waals surface area contributed by atoms with Crippen LogP contribution in [0.3, 0.4) is 0 Å². The SMILES string of the molecule is Cc1cccc(C#N)c1NC1CCC(C)CC1C. The average Bonchev–Trinajstić information content (AvgIpc) is 2.34. The summed E-state index contributed by atoms with van der Waals surface area (Å²) >= 11 is 0. The molecule has 1 aliphatic carbocycles. The van der Waals surface area contributed by atoms with Gasteiger partial charge < -0.3 is 5.32 Å². The molecule has 0 heterocycles. The summed E-state index contributed by atoms with van der Waals surface area (Å²) in [7, 11) is 0. The molecule has 1 N–H and O–H groups in total. The molecular formula is C16H22N2. The maximum absolute atomic E-state index is 9.19. The van der Waals surface area contributed by atoms with Gasteiger partial charge in [0.2, 0.25) is 0 Å². The van der Waals surface area contributed by atoms with Gasteiger partial charge in [-0.3, -0.25) is 0 Å². The first-order valence-electron chi connectivity index (χ1n) is 6.88. The van der Waals surface area contributed by atoms with Crippen LogP contribution in [0.25, 0.3) is 0 Å². The van der Waals surface area contributed by atoms with E-state index >= 15 is 0 Å². The van der Waals surface area contributed by atoms with Crippen LogP contribution in [-0.4, -0.2) is 6.04 Å². The maximum atomic E-state index is 9.19. The molecule has 0 saturated heterocycles. The highest BCUT2D eigenvalue weighted by atomic mass is 14.9. The fourth-order valence-corrected chi connectivity index (χ4v) is 3.02. The van der Waals surface area contributed by atoms with Crippen molar-refractivity contribution in [2.75, 3.05) is 5.32 Å². The van der Waals surface area contributed by atoms with Gasteiger partial charge >= 0.3 is 0 Å². The molecule has 96 valence electrons. The Morgan fingerprint density at radius 1 is 1.28 bits per heavy atom. The highest BCUT2D eigenvalue weighted by molar-refractivity contribution is 5.62. The predicted octanol–water partition coefficient (Wildman–Crippen LogP) is 4.10. The van der Waals surface area contributed by atoms with Crippen LogP contribution >= 0.6 is 0 Å². The van der Waals surface area contributed by atoms with E-state index in [0.717, 1.165) is 17.2 Å². The Hall–Kier alpha value is -1.49. The zero-order valence-corrected chi connectivity index (χ0v) is 11.5. The van der Waals surface area contributed by atoms with Gasteiger partial charge in [0.1, 0.15) is 6.07 Å². The van der Waals surface area contributed by atoms with Gasteiger partial charge in [-0.2, -0.15) is 5.26 Å². The second kappa shape index (κ2) is 5.44. The van der Waals surface area contributed by atoms with Crippen molar-refractivity contribution in [1.82, 2.24) is 0 Å². The van der Waals surface area contributed by atoms with Crippen LogP contribution in [0.15, 0.2) is 18.2 Å².